The van der Waals surface area contributed by atoms with Crippen molar-refractivity contribution in [3.05, 3.63) is 76.9 Å². The molecule has 2 amide bonds. The van der Waals surface area contributed by atoms with Crippen LogP contribution in [0.25, 0.3) is 11.4 Å². The summed E-state index contributed by atoms with van der Waals surface area (Å²) in [6.45, 7) is 5.70. The molecule has 0 aliphatic carbocycles. The fourth-order valence-corrected chi connectivity index (χ4v) is 4.69. The Bertz CT molecular complexity index is 1350. The summed E-state index contributed by atoms with van der Waals surface area (Å²) in [6, 6.07) is 12.7. The van der Waals surface area contributed by atoms with Gasteiger partial charge < -0.3 is 14.5 Å². The van der Waals surface area contributed by atoms with Gasteiger partial charge in [-0.2, -0.15) is 4.98 Å². The van der Waals surface area contributed by atoms with E-state index in [-0.39, 0.29) is 17.4 Å². The third kappa shape index (κ3) is 4.76. The molecule has 9 heteroatoms. The van der Waals surface area contributed by atoms with Crippen LogP contribution in [0, 0.1) is 12.8 Å². The van der Waals surface area contributed by atoms with Crippen LogP contribution in [-0.4, -0.2) is 57.9 Å². The van der Waals surface area contributed by atoms with Crippen molar-refractivity contribution < 1.29 is 24.0 Å². The Morgan fingerprint density at radius 3 is 2.14 bits per heavy atom. The van der Waals surface area contributed by atoms with Gasteiger partial charge in [0, 0.05) is 43.4 Å². The molecule has 1 aromatic heterocycles. The molecular weight excluding hydrogens is 472 g/mol. The number of hydrogen-bond acceptors (Lipinski definition) is 7. The average molecular weight is 503 g/mol. The van der Waals surface area contributed by atoms with Crippen molar-refractivity contribution in [2.24, 2.45) is 5.92 Å². The number of benzene rings is 2. The maximum Gasteiger partial charge on any atom is 0.294 e. The summed E-state index contributed by atoms with van der Waals surface area (Å²) in [6.07, 6.45) is 1.40. The zero-order valence-corrected chi connectivity index (χ0v) is 21.6. The highest BCUT2D eigenvalue weighted by Crippen LogP contribution is 2.38. The Kier molecular flexibility index (Phi) is 7.24. The molecule has 1 atom stereocenters. The highest BCUT2D eigenvalue weighted by Gasteiger charge is 2.46. The molecule has 0 bridgehead atoms. The minimum atomic E-state index is -0.642. The van der Waals surface area contributed by atoms with Gasteiger partial charge >= 0.3 is 0 Å². The number of aliphatic hydroxyl groups excluding tert-OH is 1. The molecule has 37 heavy (non-hydrogen) atoms. The fraction of sp³-hybridized carbons (Fsp3) is 0.321. The number of aryl methyl sites for hydroxylation is 1. The third-order valence-corrected chi connectivity index (χ3v) is 6.72. The largest absolute Gasteiger partial charge is 0.503 e. The van der Waals surface area contributed by atoms with E-state index in [2.05, 4.69) is 10.1 Å². The number of ketones is 1. The van der Waals surface area contributed by atoms with Crippen LogP contribution in [0.2, 0.25) is 0 Å². The lowest BCUT2D eigenvalue weighted by Gasteiger charge is -2.32. The fourth-order valence-electron chi connectivity index (χ4n) is 4.69. The van der Waals surface area contributed by atoms with Crippen LogP contribution in [-0.2, 0) is 4.79 Å². The lowest BCUT2D eigenvalue weighted by molar-refractivity contribution is -0.117. The Hall–Kier alpha value is -4.27. The Morgan fingerprint density at radius 2 is 1.62 bits per heavy atom. The first-order chi connectivity index (χ1) is 17.7. The first kappa shape index (κ1) is 25.8. The Morgan fingerprint density at radius 1 is 1.03 bits per heavy atom. The Labute approximate surface area is 215 Å². The van der Waals surface area contributed by atoms with Crippen LogP contribution < -0.4 is 4.90 Å². The number of amides is 2. The molecular formula is C28H30N4O5. The number of rotatable bonds is 8. The van der Waals surface area contributed by atoms with E-state index in [1.165, 1.54) is 9.80 Å². The summed E-state index contributed by atoms with van der Waals surface area (Å²) >= 11 is 0. The van der Waals surface area contributed by atoms with Crippen molar-refractivity contribution in [2.45, 2.75) is 39.7 Å². The van der Waals surface area contributed by atoms with Crippen LogP contribution in [0.5, 0.6) is 0 Å². The van der Waals surface area contributed by atoms with E-state index in [9.17, 15) is 19.5 Å². The second kappa shape index (κ2) is 10.4. The van der Waals surface area contributed by atoms with Gasteiger partial charge in [-0.25, -0.2) is 0 Å². The lowest BCUT2D eigenvalue weighted by Crippen LogP contribution is -2.42. The van der Waals surface area contributed by atoms with Gasteiger partial charge in [0.1, 0.15) is 0 Å². The Balaban J connectivity index is 1.70. The van der Waals surface area contributed by atoms with Crippen LogP contribution >= 0.6 is 0 Å². The molecule has 0 fully saturated rings. The smallest absolute Gasteiger partial charge is 0.294 e. The minimum absolute atomic E-state index is 0.0679. The molecule has 1 aliphatic rings. The third-order valence-electron chi connectivity index (χ3n) is 6.72. The highest BCUT2D eigenvalue weighted by molar-refractivity contribution is 6.21. The molecule has 0 spiro atoms. The first-order valence-corrected chi connectivity index (χ1v) is 12.2. The molecule has 2 aromatic carbocycles. The zero-order valence-electron chi connectivity index (χ0n) is 21.6. The second-order valence-corrected chi connectivity index (χ2v) is 9.25. The van der Waals surface area contributed by atoms with Gasteiger partial charge in [0.15, 0.2) is 11.5 Å². The molecule has 9 nitrogen and oxygen atoms in total. The van der Waals surface area contributed by atoms with Gasteiger partial charge in [0.2, 0.25) is 11.7 Å². The first-order valence-electron chi connectivity index (χ1n) is 12.2. The number of aromatic nitrogens is 2. The SMILES string of the molecule is CCC(CC)C1C(C(=O)c2ccc(C(=O)N(C)C)cc2)=C(O)C(=O)N1c1ccc(-c2noc(C)n2)cc1. The second-order valence-electron chi connectivity index (χ2n) is 9.25. The molecule has 192 valence electrons. The molecule has 1 N–H and O–H groups in total. The maximum absolute atomic E-state index is 13.7. The zero-order chi connectivity index (χ0) is 26.9. The van der Waals surface area contributed by atoms with E-state index in [0.717, 1.165) is 0 Å². The molecule has 4 rings (SSSR count). The number of carbonyl (C=O) groups is 3. The monoisotopic (exact) mass is 502 g/mol. The number of carbonyl (C=O) groups excluding carboxylic acids is 3. The van der Waals surface area contributed by atoms with Gasteiger partial charge in [-0.15, -0.1) is 0 Å². The van der Waals surface area contributed by atoms with E-state index in [0.29, 0.717) is 46.9 Å². The number of hydrogen-bond donors (Lipinski definition) is 1. The minimum Gasteiger partial charge on any atom is -0.503 e. The quantitative estimate of drug-likeness (QED) is 0.448. The van der Waals surface area contributed by atoms with Crippen molar-refractivity contribution in [3.8, 4) is 11.4 Å². The standard InChI is InChI=1S/C28H30N4O5/c1-6-17(7-2)23-22(24(33)18-8-10-20(11-9-18)27(35)31(4)5)25(34)28(36)32(23)21-14-12-19(13-15-21)26-29-16(3)37-30-26/h8-15,17,23,34H,6-7H2,1-5H3. The highest BCUT2D eigenvalue weighted by atomic mass is 16.5. The predicted molar refractivity (Wildman–Crippen MR) is 138 cm³/mol. The van der Waals surface area contributed by atoms with E-state index in [1.54, 1.807) is 69.6 Å². The van der Waals surface area contributed by atoms with Crippen LogP contribution in [0.15, 0.2) is 64.4 Å². The lowest BCUT2D eigenvalue weighted by atomic mass is 9.85. The van der Waals surface area contributed by atoms with Crippen molar-refractivity contribution in [2.75, 3.05) is 19.0 Å². The molecule has 2 heterocycles. The maximum atomic E-state index is 13.7. The number of nitrogens with zero attached hydrogens (tertiary/aromatic N) is 4. The molecule has 0 saturated heterocycles. The molecule has 0 radical (unpaired) electrons. The van der Waals surface area contributed by atoms with E-state index in [1.807, 2.05) is 13.8 Å². The van der Waals surface area contributed by atoms with Gasteiger partial charge in [-0.1, -0.05) is 44.0 Å². The van der Waals surface area contributed by atoms with Gasteiger partial charge in [-0.05, 0) is 42.3 Å². The topological polar surface area (TPSA) is 117 Å². The van der Waals surface area contributed by atoms with Crippen LogP contribution in [0.1, 0.15) is 53.3 Å². The summed E-state index contributed by atoms with van der Waals surface area (Å²) in [7, 11) is 3.30. The van der Waals surface area contributed by atoms with Gasteiger partial charge in [0.25, 0.3) is 11.8 Å². The summed E-state index contributed by atoms with van der Waals surface area (Å²) in [5, 5.41) is 14.9. The van der Waals surface area contributed by atoms with Crippen molar-refractivity contribution in [1.29, 1.82) is 0 Å². The van der Waals surface area contributed by atoms with E-state index in [4.69, 9.17) is 4.52 Å². The van der Waals surface area contributed by atoms with E-state index >= 15 is 0 Å². The normalized spacial score (nSPS) is 15.6. The summed E-state index contributed by atoms with van der Waals surface area (Å²) in [5.41, 5.74) is 2.07. The van der Waals surface area contributed by atoms with Gasteiger partial charge in [-0.3, -0.25) is 19.3 Å². The van der Waals surface area contributed by atoms with Crippen LogP contribution in [0.4, 0.5) is 5.69 Å². The molecule has 1 unspecified atom stereocenters. The van der Waals surface area contributed by atoms with Gasteiger partial charge in [0.05, 0.1) is 11.6 Å². The van der Waals surface area contributed by atoms with Crippen molar-refractivity contribution in [1.82, 2.24) is 15.0 Å². The molecule has 0 saturated carbocycles. The summed E-state index contributed by atoms with van der Waals surface area (Å²) in [5.74, 6) is -0.983. The summed E-state index contributed by atoms with van der Waals surface area (Å²) in [4.78, 5) is 46.4. The summed E-state index contributed by atoms with van der Waals surface area (Å²) < 4.78 is 5.05. The van der Waals surface area contributed by atoms with Crippen LogP contribution in [0.3, 0.4) is 0 Å². The number of Topliss-reactive ketones (excluding diaryl/α,β-unsaturated/α-hetero) is 1. The van der Waals surface area contributed by atoms with E-state index < -0.39 is 23.5 Å². The van der Waals surface area contributed by atoms with Crippen molar-refractivity contribution in [3.63, 3.8) is 0 Å². The average Bonchev–Trinajstić information content (AvgIpc) is 3.45. The molecule has 3 aromatic rings. The molecule has 1 aliphatic heterocycles. The number of anilines is 1. The van der Waals surface area contributed by atoms with Crippen molar-refractivity contribution >= 4 is 23.3 Å². The number of aliphatic hydroxyl groups is 1. The predicted octanol–water partition coefficient (Wildman–Crippen LogP) is 4.59.